The molecule has 0 saturated carbocycles. The third-order valence-electron chi connectivity index (χ3n) is 3.96. The zero-order valence-corrected chi connectivity index (χ0v) is 13.8. The minimum atomic E-state index is -4.80. The Hall–Kier alpha value is -2.54. The Balaban J connectivity index is 2.27. The molecular weight excluding hydrogens is 359 g/mol. The standard InChI is InChI=1S/C17H11ClF3NO3/c1-8-13-11(7-12(17(19,20)21)25-16(13)24)22(2)14(8)15(23)9-3-5-10(18)6-4-9/h3-7H,1-2H3. The van der Waals surface area contributed by atoms with E-state index in [1.165, 1.54) is 42.8 Å². The summed E-state index contributed by atoms with van der Waals surface area (Å²) in [5.74, 6) is -1.84. The van der Waals surface area contributed by atoms with Crippen LogP contribution in [-0.4, -0.2) is 10.4 Å². The Morgan fingerprint density at radius 3 is 2.36 bits per heavy atom. The number of halogens is 4. The topological polar surface area (TPSA) is 52.2 Å². The van der Waals surface area contributed by atoms with Gasteiger partial charge in [-0.05, 0) is 36.8 Å². The lowest BCUT2D eigenvalue weighted by Gasteiger charge is -2.06. The third-order valence-corrected chi connectivity index (χ3v) is 4.21. The van der Waals surface area contributed by atoms with Crippen LogP contribution in [0, 0.1) is 6.92 Å². The van der Waals surface area contributed by atoms with Gasteiger partial charge in [0.05, 0.1) is 16.6 Å². The minimum absolute atomic E-state index is 0.0154. The number of carbonyl (C=O) groups excluding carboxylic acids is 1. The largest absolute Gasteiger partial charge is 0.449 e. The Bertz CT molecular complexity index is 1050. The van der Waals surface area contributed by atoms with E-state index in [-0.39, 0.29) is 22.2 Å². The molecule has 1 aromatic carbocycles. The van der Waals surface area contributed by atoms with Gasteiger partial charge in [0.25, 0.3) is 0 Å². The number of aryl methyl sites for hydroxylation is 2. The monoisotopic (exact) mass is 369 g/mol. The fourth-order valence-electron chi connectivity index (χ4n) is 2.78. The predicted octanol–water partition coefficient (Wildman–Crippen LogP) is 4.34. The van der Waals surface area contributed by atoms with Crippen LogP contribution in [0.15, 0.2) is 39.5 Å². The second-order valence-electron chi connectivity index (χ2n) is 5.52. The summed E-state index contributed by atoms with van der Waals surface area (Å²) in [7, 11) is 1.43. The number of rotatable bonds is 2. The SMILES string of the molecule is Cc1c(C(=O)c2ccc(Cl)cc2)n(C)c2cc(C(F)(F)F)oc(=O)c12. The second-order valence-corrected chi connectivity index (χ2v) is 5.96. The highest BCUT2D eigenvalue weighted by Crippen LogP contribution is 2.32. The van der Waals surface area contributed by atoms with Crippen molar-refractivity contribution >= 4 is 28.3 Å². The van der Waals surface area contributed by atoms with Crippen LogP contribution >= 0.6 is 11.6 Å². The van der Waals surface area contributed by atoms with E-state index in [4.69, 9.17) is 11.6 Å². The summed E-state index contributed by atoms with van der Waals surface area (Å²) < 4.78 is 44.3. The molecule has 0 saturated heterocycles. The number of hydrogen-bond acceptors (Lipinski definition) is 3. The van der Waals surface area contributed by atoms with Gasteiger partial charge in [-0.2, -0.15) is 13.2 Å². The summed E-state index contributed by atoms with van der Waals surface area (Å²) in [6, 6.07) is 6.80. The number of aromatic nitrogens is 1. The van der Waals surface area contributed by atoms with Gasteiger partial charge in [0.2, 0.25) is 11.5 Å². The summed E-state index contributed by atoms with van der Waals surface area (Å²) >= 11 is 5.79. The average Bonchev–Trinajstić information content (AvgIpc) is 2.78. The lowest BCUT2D eigenvalue weighted by molar-refractivity contribution is -0.154. The Morgan fingerprint density at radius 2 is 1.80 bits per heavy atom. The first-order valence-corrected chi connectivity index (χ1v) is 7.49. The lowest BCUT2D eigenvalue weighted by atomic mass is 10.0. The van der Waals surface area contributed by atoms with Crippen molar-refractivity contribution in [1.82, 2.24) is 4.57 Å². The van der Waals surface area contributed by atoms with E-state index in [1.807, 2.05) is 0 Å². The average molecular weight is 370 g/mol. The van der Waals surface area contributed by atoms with Gasteiger partial charge in [0, 0.05) is 23.7 Å². The summed E-state index contributed by atoms with van der Waals surface area (Å²) in [5, 5.41) is 0.397. The molecule has 25 heavy (non-hydrogen) atoms. The van der Waals surface area contributed by atoms with Gasteiger partial charge in [-0.25, -0.2) is 4.79 Å². The highest BCUT2D eigenvalue weighted by molar-refractivity contribution is 6.30. The zero-order chi connectivity index (χ0) is 18.5. The van der Waals surface area contributed by atoms with Crippen molar-refractivity contribution < 1.29 is 22.4 Å². The molecule has 0 atom stereocenters. The van der Waals surface area contributed by atoms with Gasteiger partial charge >= 0.3 is 11.8 Å². The zero-order valence-electron chi connectivity index (χ0n) is 13.1. The predicted molar refractivity (Wildman–Crippen MR) is 86.1 cm³/mol. The van der Waals surface area contributed by atoms with Gasteiger partial charge in [-0.15, -0.1) is 0 Å². The normalized spacial score (nSPS) is 11.9. The molecule has 8 heteroatoms. The molecule has 3 aromatic rings. The van der Waals surface area contributed by atoms with Crippen LogP contribution in [0.25, 0.3) is 10.9 Å². The summed E-state index contributed by atoms with van der Waals surface area (Å²) in [5.41, 5.74) is -0.464. The molecule has 0 N–H and O–H groups in total. The van der Waals surface area contributed by atoms with E-state index >= 15 is 0 Å². The van der Waals surface area contributed by atoms with Gasteiger partial charge in [0.1, 0.15) is 0 Å². The molecule has 0 spiro atoms. The fraction of sp³-hybridized carbons (Fsp3) is 0.176. The molecular formula is C17H11ClF3NO3. The van der Waals surface area contributed by atoms with E-state index in [9.17, 15) is 22.8 Å². The Labute approximate surface area is 144 Å². The molecule has 2 heterocycles. The number of carbonyl (C=O) groups is 1. The number of nitrogens with zero attached hydrogens (tertiary/aromatic N) is 1. The molecule has 0 bridgehead atoms. The molecule has 130 valence electrons. The van der Waals surface area contributed by atoms with E-state index in [1.54, 1.807) is 0 Å². The van der Waals surface area contributed by atoms with Crippen LogP contribution in [0.5, 0.6) is 0 Å². The van der Waals surface area contributed by atoms with Crippen molar-refractivity contribution in [3.05, 3.63) is 68.4 Å². The Morgan fingerprint density at radius 1 is 1.20 bits per heavy atom. The van der Waals surface area contributed by atoms with Crippen molar-refractivity contribution in [2.45, 2.75) is 13.1 Å². The van der Waals surface area contributed by atoms with Crippen molar-refractivity contribution in [2.24, 2.45) is 7.05 Å². The molecule has 0 amide bonds. The van der Waals surface area contributed by atoms with Crippen molar-refractivity contribution in [3.63, 3.8) is 0 Å². The molecule has 4 nitrogen and oxygen atoms in total. The van der Waals surface area contributed by atoms with Crippen LogP contribution in [0.3, 0.4) is 0 Å². The maximum absolute atomic E-state index is 12.9. The van der Waals surface area contributed by atoms with Crippen LogP contribution in [-0.2, 0) is 13.2 Å². The molecule has 0 aliphatic heterocycles. The third kappa shape index (κ3) is 2.84. The van der Waals surface area contributed by atoms with Crippen LogP contribution < -0.4 is 5.63 Å². The first kappa shape index (κ1) is 17.3. The molecule has 0 fully saturated rings. The van der Waals surface area contributed by atoms with Crippen LogP contribution in [0.2, 0.25) is 5.02 Å². The molecule has 0 unspecified atom stereocenters. The smallest absolute Gasteiger partial charge is 0.418 e. The second kappa shape index (κ2) is 5.77. The van der Waals surface area contributed by atoms with Gasteiger partial charge in [-0.3, -0.25) is 4.79 Å². The van der Waals surface area contributed by atoms with Crippen LogP contribution in [0.1, 0.15) is 27.4 Å². The van der Waals surface area contributed by atoms with Crippen molar-refractivity contribution in [2.75, 3.05) is 0 Å². The molecule has 0 aliphatic rings. The number of alkyl halides is 3. The van der Waals surface area contributed by atoms with Crippen molar-refractivity contribution in [3.8, 4) is 0 Å². The quantitative estimate of drug-likeness (QED) is 0.631. The summed E-state index contributed by atoms with van der Waals surface area (Å²) in [4.78, 5) is 24.8. The molecule has 3 rings (SSSR count). The lowest BCUT2D eigenvalue weighted by Crippen LogP contribution is -2.11. The van der Waals surface area contributed by atoms with Gasteiger partial charge < -0.3 is 8.98 Å². The Kier molecular flexibility index (Phi) is 3.99. The van der Waals surface area contributed by atoms with E-state index in [0.717, 1.165) is 6.07 Å². The first-order valence-electron chi connectivity index (χ1n) is 7.12. The fourth-order valence-corrected chi connectivity index (χ4v) is 2.91. The summed E-state index contributed by atoms with van der Waals surface area (Å²) in [6.45, 7) is 1.50. The highest BCUT2D eigenvalue weighted by atomic mass is 35.5. The van der Waals surface area contributed by atoms with Crippen LogP contribution in [0.4, 0.5) is 13.2 Å². The van der Waals surface area contributed by atoms with E-state index in [2.05, 4.69) is 4.42 Å². The minimum Gasteiger partial charge on any atom is -0.418 e. The maximum atomic E-state index is 12.9. The van der Waals surface area contributed by atoms with Gasteiger partial charge in [-0.1, -0.05) is 11.6 Å². The van der Waals surface area contributed by atoms with E-state index in [0.29, 0.717) is 10.6 Å². The number of fused-ring (bicyclic) bond motifs is 1. The van der Waals surface area contributed by atoms with E-state index < -0.39 is 23.3 Å². The molecule has 0 radical (unpaired) electrons. The van der Waals surface area contributed by atoms with Gasteiger partial charge in [0.15, 0.2) is 0 Å². The molecule has 0 aliphatic carbocycles. The maximum Gasteiger partial charge on any atom is 0.449 e. The summed E-state index contributed by atoms with van der Waals surface area (Å²) in [6.07, 6.45) is -4.80. The number of benzene rings is 1. The highest BCUT2D eigenvalue weighted by Gasteiger charge is 2.36. The van der Waals surface area contributed by atoms with Crippen molar-refractivity contribution in [1.29, 1.82) is 0 Å². The number of ketones is 1. The number of hydrogen-bond donors (Lipinski definition) is 0. The molecule has 2 aromatic heterocycles. The first-order chi connectivity index (χ1) is 11.6.